The Morgan fingerprint density at radius 1 is 1.24 bits per heavy atom. The van der Waals surface area contributed by atoms with Crippen molar-refractivity contribution in [2.24, 2.45) is 4.99 Å². The van der Waals surface area contributed by atoms with E-state index in [0.717, 1.165) is 17.1 Å². The van der Waals surface area contributed by atoms with Crippen molar-refractivity contribution in [1.82, 2.24) is 14.9 Å². The molecule has 0 spiro atoms. The maximum absolute atomic E-state index is 12.9. The number of sulfonamides is 1. The average Bonchev–Trinajstić information content (AvgIpc) is 2.61. The van der Waals surface area contributed by atoms with Gasteiger partial charge in [-0.15, -0.1) is 0 Å². The molecule has 140 valence electrons. The molecule has 1 saturated heterocycles. The Labute approximate surface area is 153 Å². The van der Waals surface area contributed by atoms with Crippen LogP contribution in [-0.2, 0) is 16.6 Å². The van der Waals surface area contributed by atoms with Gasteiger partial charge in [0.15, 0.2) is 5.96 Å². The van der Waals surface area contributed by atoms with Crippen LogP contribution in [0.25, 0.3) is 0 Å². The van der Waals surface area contributed by atoms with Crippen molar-refractivity contribution >= 4 is 27.7 Å². The van der Waals surface area contributed by atoms with Gasteiger partial charge in [-0.1, -0.05) is 12.1 Å². The minimum Gasteiger partial charge on any atom is -0.357 e. The summed E-state index contributed by atoms with van der Waals surface area (Å²) in [4.78, 5) is 4.41. The van der Waals surface area contributed by atoms with E-state index in [2.05, 4.69) is 15.6 Å². The van der Waals surface area contributed by atoms with Crippen molar-refractivity contribution in [3.8, 4) is 0 Å². The Hall–Kier alpha value is -1.32. The van der Waals surface area contributed by atoms with Gasteiger partial charge in [-0.05, 0) is 24.6 Å². The highest BCUT2D eigenvalue weighted by atomic mass is 32.2. The number of hydrogen-bond donors (Lipinski definition) is 2. The third kappa shape index (κ3) is 6.83. The van der Waals surface area contributed by atoms with Gasteiger partial charge in [-0.3, -0.25) is 0 Å². The zero-order valence-electron chi connectivity index (χ0n) is 14.4. The van der Waals surface area contributed by atoms with Crippen molar-refractivity contribution < 1.29 is 12.8 Å². The zero-order chi connectivity index (χ0) is 18.1. The summed E-state index contributed by atoms with van der Waals surface area (Å²) in [5.74, 6) is 2.02. The van der Waals surface area contributed by atoms with Crippen LogP contribution in [-0.4, -0.2) is 62.1 Å². The van der Waals surface area contributed by atoms with Gasteiger partial charge in [0, 0.05) is 37.7 Å². The van der Waals surface area contributed by atoms with Crippen LogP contribution in [0.4, 0.5) is 4.39 Å². The van der Waals surface area contributed by atoms with Gasteiger partial charge in [-0.2, -0.15) is 11.8 Å². The number of hydrogen-bond acceptors (Lipinski definition) is 4. The molecule has 6 nitrogen and oxygen atoms in total. The van der Waals surface area contributed by atoms with E-state index in [1.54, 1.807) is 28.2 Å². The van der Waals surface area contributed by atoms with Crippen LogP contribution in [0.3, 0.4) is 0 Å². The Balaban J connectivity index is 1.85. The fraction of sp³-hybridized carbons (Fsp3) is 0.562. The molecule has 0 amide bonds. The quantitative estimate of drug-likeness (QED) is 0.543. The maximum Gasteiger partial charge on any atom is 0.215 e. The lowest BCUT2D eigenvalue weighted by Crippen LogP contribution is -2.44. The van der Waals surface area contributed by atoms with Crippen molar-refractivity contribution in [1.29, 1.82) is 0 Å². The van der Waals surface area contributed by atoms with E-state index >= 15 is 0 Å². The number of nitrogens with one attached hydrogen (secondary N) is 2. The second kappa shape index (κ2) is 9.98. The summed E-state index contributed by atoms with van der Waals surface area (Å²) in [6, 6.07) is 6.16. The lowest BCUT2D eigenvalue weighted by molar-refractivity contribution is 0.443. The van der Waals surface area contributed by atoms with Crippen molar-refractivity contribution in [2.45, 2.75) is 13.5 Å². The Morgan fingerprint density at radius 2 is 1.92 bits per heavy atom. The number of halogens is 1. The fourth-order valence-corrected chi connectivity index (χ4v) is 4.85. The van der Waals surface area contributed by atoms with Gasteiger partial charge in [0.1, 0.15) is 5.82 Å². The predicted octanol–water partition coefficient (Wildman–Crippen LogP) is 1.26. The van der Waals surface area contributed by atoms with E-state index in [0.29, 0.717) is 38.7 Å². The topological polar surface area (TPSA) is 73.8 Å². The standard InChI is InChI=1S/C16H25FN4O2S2/c1-2-18-16(20-13-14-3-5-15(17)6-4-14)19-7-12-25(22,23)21-8-10-24-11-9-21/h3-6H,2,7-13H2,1H3,(H2,18,19,20). The third-order valence-corrected chi connectivity index (χ3v) is 6.51. The molecule has 0 radical (unpaired) electrons. The van der Waals surface area contributed by atoms with Crippen LogP contribution in [0.1, 0.15) is 12.5 Å². The first-order valence-electron chi connectivity index (χ1n) is 8.33. The van der Waals surface area contributed by atoms with E-state index < -0.39 is 10.0 Å². The molecular formula is C16H25FN4O2S2. The maximum atomic E-state index is 12.9. The highest BCUT2D eigenvalue weighted by Gasteiger charge is 2.23. The lowest BCUT2D eigenvalue weighted by atomic mass is 10.2. The van der Waals surface area contributed by atoms with Crippen LogP contribution >= 0.6 is 11.8 Å². The second-order valence-corrected chi connectivity index (χ2v) is 8.89. The fourth-order valence-electron chi connectivity index (χ4n) is 2.35. The molecule has 1 aromatic carbocycles. The van der Waals surface area contributed by atoms with E-state index in [4.69, 9.17) is 0 Å². The van der Waals surface area contributed by atoms with Crippen LogP contribution in [0, 0.1) is 5.82 Å². The number of benzene rings is 1. The van der Waals surface area contributed by atoms with Crippen molar-refractivity contribution in [2.75, 3.05) is 43.4 Å². The Bertz CT molecular complexity index is 659. The lowest BCUT2D eigenvalue weighted by Gasteiger charge is -2.25. The van der Waals surface area contributed by atoms with Gasteiger partial charge in [0.25, 0.3) is 0 Å². The SMILES string of the molecule is CCNC(=NCc1ccc(F)cc1)NCCS(=O)(=O)N1CCSCC1. The van der Waals surface area contributed by atoms with Gasteiger partial charge in [-0.25, -0.2) is 22.1 Å². The molecule has 1 aromatic rings. The van der Waals surface area contributed by atoms with Gasteiger partial charge in [0.2, 0.25) is 10.0 Å². The average molecular weight is 389 g/mol. The van der Waals surface area contributed by atoms with Crippen LogP contribution < -0.4 is 10.6 Å². The van der Waals surface area contributed by atoms with Crippen LogP contribution in [0.5, 0.6) is 0 Å². The predicted molar refractivity (Wildman–Crippen MR) is 102 cm³/mol. The summed E-state index contributed by atoms with van der Waals surface area (Å²) in [5, 5.41) is 6.13. The molecular weight excluding hydrogens is 363 g/mol. The van der Waals surface area contributed by atoms with Gasteiger partial charge < -0.3 is 10.6 Å². The normalized spacial score (nSPS) is 16.6. The summed E-state index contributed by atoms with van der Waals surface area (Å²) in [6.45, 7) is 4.48. The molecule has 0 bridgehead atoms. The van der Waals surface area contributed by atoms with Gasteiger partial charge >= 0.3 is 0 Å². The van der Waals surface area contributed by atoms with Crippen LogP contribution in [0.15, 0.2) is 29.3 Å². The van der Waals surface area contributed by atoms with E-state index in [1.165, 1.54) is 12.1 Å². The monoisotopic (exact) mass is 388 g/mol. The molecule has 0 saturated carbocycles. The Kier molecular flexibility index (Phi) is 7.98. The molecule has 25 heavy (non-hydrogen) atoms. The minimum absolute atomic E-state index is 0.0403. The summed E-state index contributed by atoms with van der Waals surface area (Å²) < 4.78 is 39.1. The molecule has 1 aliphatic heterocycles. The molecule has 9 heteroatoms. The van der Waals surface area contributed by atoms with Crippen LogP contribution in [0.2, 0.25) is 0 Å². The summed E-state index contributed by atoms with van der Waals surface area (Å²) in [6.07, 6.45) is 0. The number of nitrogens with zero attached hydrogens (tertiary/aromatic N) is 2. The summed E-state index contributed by atoms with van der Waals surface area (Å²) in [5.41, 5.74) is 0.886. The molecule has 2 rings (SSSR count). The number of aliphatic imine (C=N–C) groups is 1. The molecule has 0 aromatic heterocycles. The molecule has 1 heterocycles. The van der Waals surface area contributed by atoms with E-state index in [1.807, 2.05) is 6.92 Å². The van der Waals surface area contributed by atoms with E-state index in [9.17, 15) is 12.8 Å². The summed E-state index contributed by atoms with van der Waals surface area (Å²) >= 11 is 1.78. The second-order valence-electron chi connectivity index (χ2n) is 5.58. The Morgan fingerprint density at radius 3 is 2.56 bits per heavy atom. The zero-order valence-corrected chi connectivity index (χ0v) is 16.0. The first-order valence-corrected chi connectivity index (χ1v) is 11.1. The molecule has 0 aliphatic carbocycles. The van der Waals surface area contributed by atoms with Crippen molar-refractivity contribution in [3.63, 3.8) is 0 Å². The van der Waals surface area contributed by atoms with Gasteiger partial charge in [0.05, 0.1) is 12.3 Å². The molecule has 1 fully saturated rings. The highest BCUT2D eigenvalue weighted by molar-refractivity contribution is 7.99. The first-order chi connectivity index (χ1) is 12.0. The molecule has 0 unspecified atom stereocenters. The smallest absolute Gasteiger partial charge is 0.215 e. The van der Waals surface area contributed by atoms with E-state index in [-0.39, 0.29) is 11.6 Å². The largest absolute Gasteiger partial charge is 0.357 e. The third-order valence-electron chi connectivity index (χ3n) is 3.69. The first kappa shape index (κ1) is 20.0. The molecule has 1 aliphatic rings. The number of rotatable bonds is 7. The molecule has 2 N–H and O–H groups in total. The minimum atomic E-state index is -3.23. The molecule has 0 atom stereocenters. The number of thioether (sulfide) groups is 1. The number of guanidine groups is 1. The van der Waals surface area contributed by atoms with Crippen molar-refractivity contribution in [3.05, 3.63) is 35.6 Å². The highest BCUT2D eigenvalue weighted by Crippen LogP contribution is 2.13. The summed E-state index contributed by atoms with van der Waals surface area (Å²) in [7, 11) is -3.23.